The second-order valence-electron chi connectivity index (χ2n) is 7.07. The Morgan fingerprint density at radius 1 is 1.18 bits per heavy atom. The lowest BCUT2D eigenvalue weighted by molar-refractivity contribution is -0.126. The maximum Gasteiger partial charge on any atom is 0.253 e. The van der Waals surface area contributed by atoms with Crippen molar-refractivity contribution in [3.05, 3.63) is 53.3 Å². The molecule has 0 bridgehead atoms. The van der Waals surface area contributed by atoms with Crippen LogP contribution in [0.1, 0.15) is 70.4 Å². The van der Waals surface area contributed by atoms with Gasteiger partial charge in [-0.15, -0.1) is 0 Å². The fraction of sp³-hybridized carbons (Fsp3) is 0.538. The number of aromatic nitrogens is 1. The van der Waals surface area contributed by atoms with Crippen LogP contribution in [-0.2, 0) is 9.53 Å². The highest BCUT2D eigenvalue weighted by atomic mass is 16.5. The molecule has 2 aromatic rings. The van der Waals surface area contributed by atoms with Gasteiger partial charge in [-0.2, -0.15) is 0 Å². The van der Waals surface area contributed by atoms with Gasteiger partial charge < -0.3 is 25.0 Å². The molecule has 3 rings (SSSR count). The van der Waals surface area contributed by atoms with Crippen LogP contribution in [0.25, 0.3) is 0 Å². The fourth-order valence-electron chi connectivity index (χ4n) is 2.93. The molecule has 186 valence electrons. The highest BCUT2D eigenvalue weighted by Crippen LogP contribution is 2.21. The molecule has 33 heavy (non-hydrogen) atoms. The molecular weight excluding hydrogens is 420 g/mol. The summed E-state index contributed by atoms with van der Waals surface area (Å²) < 4.78 is 10.6. The number of carbonyl (C=O) groups is 1. The van der Waals surface area contributed by atoms with Crippen LogP contribution in [0.15, 0.2) is 36.5 Å². The molecule has 1 aliphatic rings. The first-order valence-electron chi connectivity index (χ1n) is 11.7. The minimum absolute atomic E-state index is 0.121. The molecule has 0 saturated carbocycles. The Bertz CT molecular complexity index is 796. The summed E-state index contributed by atoms with van der Waals surface area (Å²) in [6.07, 6.45) is 1.78. The predicted molar refractivity (Wildman–Crippen MR) is 134 cm³/mol. The zero-order valence-electron chi connectivity index (χ0n) is 21.4. The molecule has 3 unspecified atom stereocenters. The van der Waals surface area contributed by atoms with Gasteiger partial charge in [-0.3, -0.25) is 9.78 Å². The second-order valence-corrected chi connectivity index (χ2v) is 7.07. The molecule has 0 radical (unpaired) electrons. The third-order valence-electron chi connectivity index (χ3n) is 4.87. The van der Waals surface area contributed by atoms with E-state index in [1.54, 1.807) is 19.2 Å². The van der Waals surface area contributed by atoms with Gasteiger partial charge in [0.05, 0.1) is 37.4 Å². The van der Waals surface area contributed by atoms with E-state index < -0.39 is 12.2 Å². The normalized spacial score (nSPS) is 17.2. The SMILES string of the molecule is CC.CC.CC1CCC(C(=O)Nc2ccc(C(O)CO)nc2)O1.COc1cccc(C)c1C. The van der Waals surface area contributed by atoms with Crippen LogP contribution >= 0.6 is 0 Å². The summed E-state index contributed by atoms with van der Waals surface area (Å²) in [6, 6.07) is 9.26. The summed E-state index contributed by atoms with van der Waals surface area (Å²) in [6.45, 7) is 13.7. The van der Waals surface area contributed by atoms with E-state index in [1.807, 2.05) is 46.8 Å². The molecule has 1 saturated heterocycles. The number of carbonyl (C=O) groups excluding carboxylic acids is 1. The highest BCUT2D eigenvalue weighted by Gasteiger charge is 2.28. The van der Waals surface area contributed by atoms with Gasteiger partial charge >= 0.3 is 0 Å². The van der Waals surface area contributed by atoms with Gasteiger partial charge in [0.2, 0.25) is 0 Å². The molecule has 1 fully saturated rings. The Morgan fingerprint density at radius 3 is 2.30 bits per heavy atom. The van der Waals surface area contributed by atoms with E-state index in [2.05, 4.69) is 30.2 Å². The summed E-state index contributed by atoms with van der Waals surface area (Å²) >= 11 is 0. The lowest BCUT2D eigenvalue weighted by Crippen LogP contribution is -2.27. The minimum atomic E-state index is -0.997. The minimum Gasteiger partial charge on any atom is -0.496 e. The number of rotatable bonds is 5. The van der Waals surface area contributed by atoms with Crippen molar-refractivity contribution < 1.29 is 24.5 Å². The van der Waals surface area contributed by atoms with Crippen LogP contribution in [0.3, 0.4) is 0 Å². The van der Waals surface area contributed by atoms with Crippen LogP contribution < -0.4 is 10.1 Å². The molecule has 3 atom stereocenters. The standard InChI is InChI=1S/C13H18N2O4.C9H12O.2C2H6/c1-8-2-5-12(19-8)13(18)15-9-3-4-10(14-6-9)11(17)7-16;1-7-5-4-6-9(10-3)8(7)2;2*1-2/h3-4,6,8,11-12,16-17H,2,5,7H2,1H3,(H,15,18);4-6H,1-3H3;2*1-2H3. The first kappa shape index (κ1) is 30.5. The molecule has 1 aromatic heterocycles. The zero-order chi connectivity index (χ0) is 25.4. The number of hydrogen-bond donors (Lipinski definition) is 3. The van der Waals surface area contributed by atoms with Crippen molar-refractivity contribution in [1.29, 1.82) is 0 Å². The van der Waals surface area contributed by atoms with Gasteiger partial charge in [0.25, 0.3) is 5.91 Å². The average Bonchev–Trinajstić information content (AvgIpc) is 3.30. The second kappa shape index (κ2) is 17.1. The van der Waals surface area contributed by atoms with Gasteiger partial charge in [0.15, 0.2) is 0 Å². The zero-order valence-corrected chi connectivity index (χ0v) is 21.4. The number of hydrogen-bond acceptors (Lipinski definition) is 6. The van der Waals surface area contributed by atoms with E-state index >= 15 is 0 Å². The Hall–Kier alpha value is -2.48. The summed E-state index contributed by atoms with van der Waals surface area (Å²) in [5, 5.41) is 20.9. The molecule has 0 aliphatic carbocycles. The Morgan fingerprint density at radius 2 is 1.85 bits per heavy atom. The molecule has 2 heterocycles. The largest absolute Gasteiger partial charge is 0.496 e. The predicted octanol–water partition coefficient (Wildman–Crippen LogP) is 4.98. The number of pyridine rings is 1. The summed E-state index contributed by atoms with van der Waals surface area (Å²) in [5.74, 6) is 0.793. The van der Waals surface area contributed by atoms with Gasteiger partial charge in [-0.25, -0.2) is 0 Å². The highest BCUT2D eigenvalue weighted by molar-refractivity contribution is 5.94. The maximum atomic E-state index is 11.9. The van der Waals surface area contributed by atoms with Gasteiger partial charge in [-0.1, -0.05) is 39.8 Å². The van der Waals surface area contributed by atoms with Crippen LogP contribution in [0.5, 0.6) is 5.75 Å². The van der Waals surface area contributed by atoms with Crippen molar-refractivity contribution in [3.8, 4) is 5.75 Å². The van der Waals surface area contributed by atoms with Crippen molar-refractivity contribution in [2.45, 2.75) is 79.6 Å². The van der Waals surface area contributed by atoms with Gasteiger partial charge in [-0.05, 0) is 62.9 Å². The van der Waals surface area contributed by atoms with Crippen molar-refractivity contribution in [2.75, 3.05) is 19.0 Å². The van der Waals surface area contributed by atoms with Crippen LogP contribution in [-0.4, -0.2) is 47.0 Å². The molecular formula is C26H42N2O5. The van der Waals surface area contributed by atoms with Gasteiger partial charge in [0, 0.05) is 0 Å². The number of aliphatic hydroxyl groups excluding tert-OH is 2. The van der Waals surface area contributed by atoms with Crippen LogP contribution in [0.4, 0.5) is 5.69 Å². The molecule has 1 aromatic carbocycles. The van der Waals surface area contributed by atoms with E-state index in [-0.39, 0.29) is 18.6 Å². The summed E-state index contributed by atoms with van der Waals surface area (Å²) in [5.41, 5.74) is 3.41. The first-order valence-corrected chi connectivity index (χ1v) is 11.7. The number of nitrogens with zero attached hydrogens (tertiary/aromatic N) is 1. The van der Waals surface area contributed by atoms with E-state index in [9.17, 15) is 9.90 Å². The molecule has 7 nitrogen and oxygen atoms in total. The lowest BCUT2D eigenvalue weighted by Gasteiger charge is -2.12. The number of benzene rings is 1. The maximum absolute atomic E-state index is 11.9. The van der Waals surface area contributed by atoms with Crippen molar-refractivity contribution >= 4 is 11.6 Å². The Balaban J connectivity index is 0.000000617. The molecule has 7 heteroatoms. The third-order valence-corrected chi connectivity index (χ3v) is 4.87. The molecule has 0 spiro atoms. The van der Waals surface area contributed by atoms with E-state index in [0.717, 1.165) is 18.6 Å². The smallest absolute Gasteiger partial charge is 0.253 e. The molecule has 1 amide bonds. The number of anilines is 1. The number of aryl methyl sites for hydroxylation is 1. The fourth-order valence-corrected chi connectivity index (χ4v) is 2.93. The number of aliphatic hydroxyl groups is 2. The van der Waals surface area contributed by atoms with Crippen molar-refractivity contribution in [2.24, 2.45) is 0 Å². The molecule has 3 N–H and O–H groups in total. The summed E-state index contributed by atoms with van der Waals surface area (Å²) in [4.78, 5) is 15.9. The summed E-state index contributed by atoms with van der Waals surface area (Å²) in [7, 11) is 1.70. The monoisotopic (exact) mass is 462 g/mol. The molecule has 1 aliphatic heterocycles. The number of methoxy groups -OCH3 is 1. The van der Waals surface area contributed by atoms with Crippen molar-refractivity contribution in [3.63, 3.8) is 0 Å². The Kier molecular flexibility index (Phi) is 15.8. The van der Waals surface area contributed by atoms with E-state index in [4.69, 9.17) is 14.6 Å². The lowest BCUT2D eigenvalue weighted by atomic mass is 10.1. The number of ether oxygens (including phenoxy) is 2. The van der Waals surface area contributed by atoms with Crippen molar-refractivity contribution in [1.82, 2.24) is 4.98 Å². The average molecular weight is 463 g/mol. The van der Waals surface area contributed by atoms with Gasteiger partial charge in [0.1, 0.15) is 18.0 Å². The van der Waals surface area contributed by atoms with E-state index in [1.165, 1.54) is 17.3 Å². The van der Waals surface area contributed by atoms with Crippen LogP contribution in [0.2, 0.25) is 0 Å². The quantitative estimate of drug-likeness (QED) is 0.579. The first-order chi connectivity index (χ1) is 15.8. The third kappa shape index (κ3) is 10.3. The topological polar surface area (TPSA) is 101 Å². The number of amides is 1. The van der Waals surface area contributed by atoms with Crippen LogP contribution in [0, 0.1) is 13.8 Å². The number of nitrogens with one attached hydrogen (secondary N) is 1. The van der Waals surface area contributed by atoms with E-state index in [0.29, 0.717) is 11.4 Å². The Labute approximate surface area is 199 Å².